The summed E-state index contributed by atoms with van der Waals surface area (Å²) in [6.07, 6.45) is 0.493. The minimum Gasteiger partial charge on any atom is -0.506 e. The van der Waals surface area contributed by atoms with Crippen LogP contribution in [0.15, 0.2) is 12.1 Å². The van der Waals surface area contributed by atoms with Gasteiger partial charge in [-0.15, -0.1) is 0 Å². The summed E-state index contributed by atoms with van der Waals surface area (Å²) in [6.45, 7) is 0. The Morgan fingerprint density at radius 1 is 1.33 bits per heavy atom. The van der Waals surface area contributed by atoms with E-state index in [9.17, 15) is 4.79 Å². The summed E-state index contributed by atoms with van der Waals surface area (Å²) in [5.74, 6) is -0.230. The molecule has 0 amide bonds. The standard InChI is InChI=1S/C7H4Cl2O2.Zn/c8-5-1-4(3-10)7(11)6(9)2-5;/h1-3,11H;. The molecule has 0 fully saturated rings. The van der Waals surface area contributed by atoms with Crippen LogP contribution in [0.5, 0.6) is 5.75 Å². The number of benzene rings is 1. The van der Waals surface area contributed by atoms with E-state index in [4.69, 9.17) is 28.3 Å². The van der Waals surface area contributed by atoms with Crippen LogP contribution in [0.1, 0.15) is 10.4 Å². The molecule has 0 unspecified atom stereocenters. The minimum atomic E-state index is -0.230. The summed E-state index contributed by atoms with van der Waals surface area (Å²) >= 11 is 11.1. The fourth-order valence-corrected chi connectivity index (χ4v) is 1.18. The summed E-state index contributed by atoms with van der Waals surface area (Å²) in [5.41, 5.74) is 0.0995. The molecule has 0 heterocycles. The van der Waals surface area contributed by atoms with Gasteiger partial charge in [0.2, 0.25) is 0 Å². The average Bonchev–Trinajstić information content (AvgIpc) is 1.96. The number of carbonyl (C=O) groups is 1. The molecular formula is C7H4Cl2O2Zn. The number of rotatable bonds is 1. The van der Waals surface area contributed by atoms with Crippen molar-refractivity contribution in [1.82, 2.24) is 0 Å². The first kappa shape index (κ1) is 11.9. The summed E-state index contributed by atoms with van der Waals surface area (Å²) < 4.78 is 0. The van der Waals surface area contributed by atoms with Gasteiger partial charge < -0.3 is 5.11 Å². The van der Waals surface area contributed by atoms with Crippen LogP contribution in [0.25, 0.3) is 0 Å². The smallest absolute Gasteiger partial charge is 0.153 e. The number of aromatic hydroxyl groups is 1. The first-order valence-electron chi connectivity index (χ1n) is 2.78. The molecule has 1 aromatic carbocycles. The van der Waals surface area contributed by atoms with Gasteiger partial charge in [-0.2, -0.15) is 0 Å². The van der Waals surface area contributed by atoms with Gasteiger partial charge >= 0.3 is 0 Å². The number of hydrogen-bond donors (Lipinski definition) is 1. The fraction of sp³-hybridized carbons (Fsp3) is 0. The molecule has 2 nitrogen and oxygen atoms in total. The second kappa shape index (κ2) is 4.81. The Morgan fingerprint density at radius 2 is 1.92 bits per heavy atom. The normalized spacial score (nSPS) is 8.83. The fourth-order valence-electron chi connectivity index (χ4n) is 0.676. The van der Waals surface area contributed by atoms with Gasteiger partial charge in [-0.1, -0.05) is 23.2 Å². The third-order valence-electron chi connectivity index (χ3n) is 1.18. The number of carbonyl (C=O) groups excluding carboxylic acids is 1. The van der Waals surface area contributed by atoms with Crippen LogP contribution < -0.4 is 0 Å². The summed E-state index contributed by atoms with van der Waals surface area (Å²) in [6, 6.07) is 2.71. The molecule has 0 spiro atoms. The van der Waals surface area contributed by atoms with E-state index in [0.29, 0.717) is 11.3 Å². The number of hydrogen-bond acceptors (Lipinski definition) is 2. The molecule has 0 aliphatic carbocycles. The maximum absolute atomic E-state index is 10.3. The Morgan fingerprint density at radius 3 is 2.42 bits per heavy atom. The van der Waals surface area contributed by atoms with Gasteiger partial charge in [-0.25, -0.2) is 0 Å². The van der Waals surface area contributed by atoms with Crippen LogP contribution in [0.3, 0.4) is 0 Å². The van der Waals surface area contributed by atoms with Gasteiger partial charge in [-0.05, 0) is 12.1 Å². The Hall–Kier alpha value is -0.107. The average molecular weight is 256 g/mol. The monoisotopic (exact) mass is 254 g/mol. The number of phenols is 1. The first-order valence-corrected chi connectivity index (χ1v) is 3.54. The maximum atomic E-state index is 10.3. The topological polar surface area (TPSA) is 37.3 Å². The second-order valence-electron chi connectivity index (χ2n) is 1.94. The molecule has 0 radical (unpaired) electrons. The molecule has 0 saturated carbocycles. The third-order valence-corrected chi connectivity index (χ3v) is 1.69. The predicted octanol–water partition coefficient (Wildman–Crippen LogP) is 2.51. The van der Waals surface area contributed by atoms with Crippen molar-refractivity contribution in [2.24, 2.45) is 0 Å². The molecular weight excluding hydrogens is 252 g/mol. The Bertz CT molecular complexity index is 302. The number of phenolic OH excluding ortho intramolecular Hbond substituents is 1. The van der Waals surface area contributed by atoms with Gasteiger partial charge in [0.05, 0.1) is 10.6 Å². The van der Waals surface area contributed by atoms with Crippen molar-refractivity contribution < 1.29 is 29.4 Å². The SMILES string of the molecule is O=Cc1cc(Cl)cc(Cl)c1O.[Zn]. The van der Waals surface area contributed by atoms with Crippen molar-refractivity contribution in [1.29, 1.82) is 0 Å². The Balaban J connectivity index is 0.00000121. The van der Waals surface area contributed by atoms with Gasteiger partial charge in [-0.3, -0.25) is 4.79 Å². The molecule has 0 atom stereocenters. The van der Waals surface area contributed by atoms with Gasteiger partial charge in [0, 0.05) is 24.5 Å². The van der Waals surface area contributed by atoms with Gasteiger partial charge in [0.25, 0.3) is 0 Å². The van der Waals surface area contributed by atoms with E-state index in [2.05, 4.69) is 0 Å². The van der Waals surface area contributed by atoms with E-state index in [1.54, 1.807) is 0 Å². The number of halogens is 2. The van der Waals surface area contributed by atoms with Crippen LogP contribution >= 0.6 is 23.2 Å². The van der Waals surface area contributed by atoms with Crippen molar-refractivity contribution in [3.63, 3.8) is 0 Å². The molecule has 60 valence electrons. The first-order chi connectivity index (χ1) is 5.15. The largest absolute Gasteiger partial charge is 0.506 e. The van der Waals surface area contributed by atoms with E-state index in [1.807, 2.05) is 0 Å². The van der Waals surface area contributed by atoms with E-state index >= 15 is 0 Å². The van der Waals surface area contributed by atoms with Gasteiger partial charge in [0.1, 0.15) is 5.75 Å². The minimum absolute atomic E-state index is 0. The zero-order chi connectivity index (χ0) is 8.43. The Kier molecular flexibility index (Phi) is 4.76. The quantitative estimate of drug-likeness (QED) is 0.619. The molecule has 0 bridgehead atoms. The van der Waals surface area contributed by atoms with E-state index in [0.717, 1.165) is 0 Å². The summed E-state index contributed by atoms with van der Waals surface area (Å²) in [7, 11) is 0. The van der Waals surface area contributed by atoms with Crippen LogP contribution in [0.4, 0.5) is 0 Å². The van der Waals surface area contributed by atoms with E-state index in [-0.39, 0.29) is 35.8 Å². The number of aldehydes is 1. The van der Waals surface area contributed by atoms with E-state index < -0.39 is 0 Å². The van der Waals surface area contributed by atoms with Gasteiger partial charge in [0.15, 0.2) is 6.29 Å². The summed E-state index contributed by atoms with van der Waals surface area (Å²) in [5, 5.41) is 9.51. The third kappa shape index (κ3) is 2.44. The molecule has 1 rings (SSSR count). The Labute approximate surface area is 92.2 Å². The van der Waals surface area contributed by atoms with Crippen LogP contribution in [0.2, 0.25) is 10.0 Å². The van der Waals surface area contributed by atoms with Crippen molar-refractivity contribution in [2.45, 2.75) is 0 Å². The maximum Gasteiger partial charge on any atom is 0.153 e. The van der Waals surface area contributed by atoms with Crippen molar-refractivity contribution >= 4 is 29.5 Å². The van der Waals surface area contributed by atoms with Crippen molar-refractivity contribution in [3.8, 4) is 5.75 Å². The molecule has 12 heavy (non-hydrogen) atoms. The van der Waals surface area contributed by atoms with Crippen molar-refractivity contribution in [2.75, 3.05) is 0 Å². The second-order valence-corrected chi connectivity index (χ2v) is 2.79. The molecule has 0 saturated heterocycles. The van der Waals surface area contributed by atoms with Crippen LogP contribution in [-0.4, -0.2) is 11.4 Å². The zero-order valence-electron chi connectivity index (χ0n) is 6.05. The van der Waals surface area contributed by atoms with Crippen molar-refractivity contribution in [3.05, 3.63) is 27.7 Å². The molecule has 0 aromatic heterocycles. The molecule has 1 N–H and O–H groups in total. The molecule has 0 aliphatic rings. The summed E-state index contributed by atoms with van der Waals surface area (Å²) in [4.78, 5) is 10.3. The predicted molar refractivity (Wildman–Crippen MR) is 43.5 cm³/mol. The van der Waals surface area contributed by atoms with Crippen LogP contribution in [-0.2, 0) is 19.5 Å². The molecule has 1 aromatic rings. The zero-order valence-corrected chi connectivity index (χ0v) is 10.5. The van der Waals surface area contributed by atoms with Crippen LogP contribution in [0, 0.1) is 0 Å². The molecule has 0 aliphatic heterocycles. The van der Waals surface area contributed by atoms with E-state index in [1.165, 1.54) is 12.1 Å². The molecule has 5 heteroatoms.